The summed E-state index contributed by atoms with van der Waals surface area (Å²) in [5.41, 5.74) is 3.07. The van der Waals surface area contributed by atoms with Gasteiger partial charge in [0.05, 0.1) is 23.3 Å². The Hall–Kier alpha value is -1.09. The minimum atomic E-state index is 0.505. The van der Waals surface area contributed by atoms with Crippen molar-refractivity contribution >= 4 is 34.8 Å². The minimum Gasteiger partial charge on any atom is -0.492 e. The standard InChI is InChI=1S/C18H19Cl3O2.2C2H6/c1-11-7-12(2)17(15(20)8-11)22-5-4-6-23-18-13(3)9-14(19)10-16(18)21;2*1-2/h7-10H,4-6H2,1-3H3;2*1-2H3. The summed E-state index contributed by atoms with van der Waals surface area (Å²) >= 11 is 18.3. The summed E-state index contributed by atoms with van der Waals surface area (Å²) in [5, 5.41) is 1.76. The summed E-state index contributed by atoms with van der Waals surface area (Å²) in [6.07, 6.45) is 0.724. The molecule has 0 aliphatic carbocycles. The van der Waals surface area contributed by atoms with E-state index in [9.17, 15) is 0 Å². The van der Waals surface area contributed by atoms with Gasteiger partial charge in [-0.15, -0.1) is 0 Å². The zero-order chi connectivity index (χ0) is 21.0. The Kier molecular flexibility index (Phi) is 13.4. The van der Waals surface area contributed by atoms with Crippen LogP contribution in [0.4, 0.5) is 0 Å². The predicted molar refractivity (Wildman–Crippen MR) is 120 cm³/mol. The molecule has 2 rings (SSSR count). The third-order valence-corrected chi connectivity index (χ3v) is 4.13. The first-order chi connectivity index (χ1) is 12.9. The van der Waals surface area contributed by atoms with Crippen molar-refractivity contribution in [1.82, 2.24) is 0 Å². The third kappa shape index (κ3) is 8.64. The minimum absolute atomic E-state index is 0.505. The molecule has 0 bridgehead atoms. The van der Waals surface area contributed by atoms with Crippen LogP contribution < -0.4 is 9.47 Å². The van der Waals surface area contributed by atoms with Gasteiger partial charge >= 0.3 is 0 Å². The Morgan fingerprint density at radius 2 is 1.11 bits per heavy atom. The Bertz CT molecular complexity index is 594. The van der Waals surface area contributed by atoms with E-state index in [1.54, 1.807) is 6.07 Å². The highest BCUT2D eigenvalue weighted by Gasteiger charge is 2.09. The van der Waals surface area contributed by atoms with Gasteiger partial charge in [0.2, 0.25) is 0 Å². The molecule has 0 saturated heterocycles. The summed E-state index contributed by atoms with van der Waals surface area (Å²) in [5.74, 6) is 1.40. The summed E-state index contributed by atoms with van der Waals surface area (Å²) in [6.45, 7) is 14.9. The first-order valence-corrected chi connectivity index (χ1v) is 10.5. The maximum Gasteiger partial charge on any atom is 0.140 e. The van der Waals surface area contributed by atoms with Gasteiger partial charge in [0.1, 0.15) is 11.5 Å². The molecule has 0 aliphatic heterocycles. The number of benzene rings is 2. The van der Waals surface area contributed by atoms with Gasteiger partial charge in [-0.3, -0.25) is 0 Å². The van der Waals surface area contributed by atoms with E-state index < -0.39 is 0 Å². The molecule has 2 aromatic rings. The second-order valence-corrected chi connectivity index (χ2v) is 6.73. The molecule has 2 nitrogen and oxygen atoms in total. The Balaban J connectivity index is 0.00000158. The number of ether oxygens (including phenoxy) is 2. The van der Waals surface area contributed by atoms with E-state index in [1.165, 1.54) is 0 Å². The lowest BCUT2D eigenvalue weighted by atomic mass is 10.1. The van der Waals surface area contributed by atoms with Crippen LogP contribution in [0.15, 0.2) is 24.3 Å². The van der Waals surface area contributed by atoms with Gasteiger partial charge in [-0.1, -0.05) is 68.6 Å². The van der Waals surface area contributed by atoms with Gasteiger partial charge < -0.3 is 9.47 Å². The monoisotopic (exact) mass is 432 g/mol. The van der Waals surface area contributed by atoms with Crippen molar-refractivity contribution in [1.29, 1.82) is 0 Å². The lowest BCUT2D eigenvalue weighted by Crippen LogP contribution is -2.07. The van der Waals surface area contributed by atoms with Gasteiger partial charge in [-0.05, 0) is 55.7 Å². The van der Waals surface area contributed by atoms with Crippen LogP contribution in [0.5, 0.6) is 11.5 Å². The summed E-state index contributed by atoms with van der Waals surface area (Å²) in [6, 6.07) is 7.46. The van der Waals surface area contributed by atoms with Crippen LogP contribution in [0.1, 0.15) is 50.8 Å². The molecule has 152 valence electrons. The van der Waals surface area contributed by atoms with Crippen LogP contribution in [0.2, 0.25) is 15.1 Å². The van der Waals surface area contributed by atoms with E-state index in [2.05, 4.69) is 6.07 Å². The fourth-order valence-corrected chi connectivity index (χ4v) is 3.39. The average molecular weight is 434 g/mol. The molecule has 0 amide bonds. The highest BCUT2D eigenvalue weighted by atomic mass is 35.5. The lowest BCUT2D eigenvalue weighted by Gasteiger charge is -2.14. The normalized spacial score (nSPS) is 9.56. The highest BCUT2D eigenvalue weighted by molar-refractivity contribution is 6.35. The maximum absolute atomic E-state index is 6.21. The van der Waals surface area contributed by atoms with Crippen molar-refractivity contribution in [3.8, 4) is 11.5 Å². The van der Waals surface area contributed by atoms with Crippen LogP contribution >= 0.6 is 34.8 Å². The van der Waals surface area contributed by atoms with E-state index in [0.717, 1.165) is 28.9 Å². The molecule has 0 unspecified atom stereocenters. The van der Waals surface area contributed by atoms with Gasteiger partial charge in [-0.2, -0.15) is 0 Å². The number of hydrogen-bond acceptors (Lipinski definition) is 2. The molecular formula is C22H31Cl3O2. The van der Waals surface area contributed by atoms with Crippen LogP contribution in [-0.4, -0.2) is 13.2 Å². The zero-order valence-electron chi connectivity index (χ0n) is 17.4. The molecule has 2 aromatic carbocycles. The van der Waals surface area contributed by atoms with Crippen molar-refractivity contribution in [3.63, 3.8) is 0 Å². The molecule has 0 N–H and O–H groups in total. The van der Waals surface area contributed by atoms with E-state index in [0.29, 0.717) is 34.0 Å². The van der Waals surface area contributed by atoms with Crippen molar-refractivity contribution in [2.45, 2.75) is 54.9 Å². The topological polar surface area (TPSA) is 18.5 Å². The van der Waals surface area contributed by atoms with Crippen LogP contribution in [0.3, 0.4) is 0 Å². The Labute approximate surface area is 179 Å². The molecule has 0 spiro atoms. The predicted octanol–water partition coefficient (Wildman–Crippen LogP) is 8.47. The molecule has 0 aliphatic rings. The Morgan fingerprint density at radius 1 is 0.667 bits per heavy atom. The third-order valence-electron chi connectivity index (χ3n) is 3.35. The Morgan fingerprint density at radius 3 is 1.56 bits per heavy atom. The van der Waals surface area contributed by atoms with Crippen LogP contribution in [0.25, 0.3) is 0 Å². The lowest BCUT2D eigenvalue weighted by molar-refractivity contribution is 0.246. The van der Waals surface area contributed by atoms with Crippen molar-refractivity contribution < 1.29 is 9.47 Å². The van der Waals surface area contributed by atoms with Gasteiger partial charge in [-0.25, -0.2) is 0 Å². The van der Waals surface area contributed by atoms with Crippen molar-refractivity contribution in [3.05, 3.63) is 56.0 Å². The second-order valence-electron chi connectivity index (χ2n) is 5.48. The molecule has 0 radical (unpaired) electrons. The number of hydrogen-bond donors (Lipinski definition) is 0. The molecule has 5 heteroatoms. The van der Waals surface area contributed by atoms with Crippen LogP contribution in [-0.2, 0) is 0 Å². The molecular weight excluding hydrogens is 403 g/mol. The molecule has 0 fully saturated rings. The fourth-order valence-electron chi connectivity index (χ4n) is 2.36. The number of halogens is 3. The van der Waals surface area contributed by atoms with Crippen molar-refractivity contribution in [2.24, 2.45) is 0 Å². The maximum atomic E-state index is 6.21. The fraction of sp³-hybridized carbons (Fsp3) is 0.455. The SMILES string of the molecule is CC.CC.Cc1cc(C)c(OCCCOc2c(C)cc(Cl)cc2Cl)c(Cl)c1. The molecule has 0 aromatic heterocycles. The summed E-state index contributed by atoms with van der Waals surface area (Å²) in [7, 11) is 0. The van der Waals surface area contributed by atoms with E-state index >= 15 is 0 Å². The van der Waals surface area contributed by atoms with E-state index in [1.807, 2.05) is 60.6 Å². The largest absolute Gasteiger partial charge is 0.492 e. The average Bonchev–Trinajstić information content (AvgIpc) is 2.61. The first kappa shape index (κ1) is 25.9. The van der Waals surface area contributed by atoms with E-state index in [-0.39, 0.29) is 0 Å². The first-order valence-electron chi connectivity index (χ1n) is 9.36. The number of rotatable bonds is 6. The second kappa shape index (κ2) is 14.0. The zero-order valence-corrected chi connectivity index (χ0v) is 19.6. The quantitative estimate of drug-likeness (QED) is 0.425. The molecule has 0 saturated carbocycles. The summed E-state index contributed by atoms with van der Waals surface area (Å²) < 4.78 is 11.5. The van der Waals surface area contributed by atoms with Gasteiger partial charge in [0.15, 0.2) is 0 Å². The molecule has 0 atom stereocenters. The molecule has 27 heavy (non-hydrogen) atoms. The highest BCUT2D eigenvalue weighted by Crippen LogP contribution is 2.32. The number of aryl methyl sites for hydroxylation is 3. The smallest absolute Gasteiger partial charge is 0.140 e. The van der Waals surface area contributed by atoms with Crippen molar-refractivity contribution in [2.75, 3.05) is 13.2 Å². The van der Waals surface area contributed by atoms with Gasteiger partial charge in [0.25, 0.3) is 0 Å². The molecule has 0 heterocycles. The van der Waals surface area contributed by atoms with Crippen LogP contribution in [0, 0.1) is 20.8 Å². The van der Waals surface area contributed by atoms with E-state index in [4.69, 9.17) is 44.3 Å². The summed E-state index contributed by atoms with van der Waals surface area (Å²) in [4.78, 5) is 0. The van der Waals surface area contributed by atoms with Gasteiger partial charge in [0, 0.05) is 11.4 Å².